The van der Waals surface area contributed by atoms with Gasteiger partial charge >= 0.3 is 0 Å². The third-order valence-corrected chi connectivity index (χ3v) is 4.17. The number of hydrogen-bond donors (Lipinski definition) is 1. The van der Waals surface area contributed by atoms with Crippen LogP contribution in [0, 0.1) is 6.92 Å². The van der Waals surface area contributed by atoms with Crippen LogP contribution in [-0.2, 0) is 11.3 Å². The maximum atomic E-state index is 9.98. The molecule has 126 valence electrons. The summed E-state index contributed by atoms with van der Waals surface area (Å²) in [4.78, 5) is 15.5. The van der Waals surface area contributed by atoms with Crippen LogP contribution in [0.15, 0.2) is 0 Å². The van der Waals surface area contributed by atoms with Crippen LogP contribution in [0.4, 0.5) is 5.82 Å². The number of halogens is 1. The minimum absolute atomic E-state index is 0.211. The zero-order valence-electron chi connectivity index (χ0n) is 13.7. The molecule has 0 unspecified atom stereocenters. The number of fused-ring (bicyclic) bond motifs is 1. The van der Waals surface area contributed by atoms with Crippen LogP contribution in [0.2, 0.25) is 5.28 Å². The molecule has 1 N–H and O–H groups in total. The van der Waals surface area contributed by atoms with Crippen molar-refractivity contribution in [3.05, 3.63) is 11.1 Å². The lowest BCUT2D eigenvalue weighted by Crippen LogP contribution is -2.37. The molecule has 0 amide bonds. The molecule has 0 atom stereocenters. The van der Waals surface area contributed by atoms with Crippen molar-refractivity contribution >= 4 is 28.6 Å². The van der Waals surface area contributed by atoms with E-state index in [1.165, 1.54) is 0 Å². The summed E-state index contributed by atoms with van der Waals surface area (Å²) in [6.07, 6.45) is 0.605. The van der Waals surface area contributed by atoms with Crippen molar-refractivity contribution in [3.63, 3.8) is 0 Å². The fourth-order valence-electron chi connectivity index (χ4n) is 2.72. The summed E-state index contributed by atoms with van der Waals surface area (Å²) in [5.41, 5.74) is 0.727. The van der Waals surface area contributed by atoms with Crippen molar-refractivity contribution in [2.75, 3.05) is 31.2 Å². The molecule has 0 saturated carbocycles. The molecular formula is C15H22ClN5O2. The molecule has 0 aromatic carbocycles. The molecule has 3 rings (SSSR count). The molecule has 3 heterocycles. The monoisotopic (exact) mass is 339 g/mol. The second kappa shape index (κ2) is 6.22. The van der Waals surface area contributed by atoms with E-state index in [1.54, 1.807) is 13.8 Å². The van der Waals surface area contributed by atoms with Crippen LogP contribution in [0.3, 0.4) is 0 Å². The van der Waals surface area contributed by atoms with Crippen molar-refractivity contribution in [1.29, 1.82) is 0 Å². The smallest absolute Gasteiger partial charge is 0.226 e. The Bertz CT molecular complexity index is 704. The summed E-state index contributed by atoms with van der Waals surface area (Å²) in [5.74, 6) is 1.60. The van der Waals surface area contributed by atoms with E-state index in [0.29, 0.717) is 31.8 Å². The molecule has 1 aliphatic rings. The van der Waals surface area contributed by atoms with Crippen molar-refractivity contribution < 1.29 is 9.84 Å². The van der Waals surface area contributed by atoms with Gasteiger partial charge in [-0.2, -0.15) is 9.97 Å². The van der Waals surface area contributed by atoms with Crippen molar-refractivity contribution in [3.8, 4) is 0 Å². The number of hydrogen-bond acceptors (Lipinski definition) is 6. The molecule has 23 heavy (non-hydrogen) atoms. The average Bonchev–Trinajstić information content (AvgIpc) is 2.80. The van der Waals surface area contributed by atoms with Gasteiger partial charge in [-0.05, 0) is 38.8 Å². The number of anilines is 1. The van der Waals surface area contributed by atoms with Gasteiger partial charge in [0.2, 0.25) is 5.28 Å². The SMILES string of the molecule is Cc1nc2c(N3CCOCC3)nc(Cl)nc2n1CCC(C)(C)O. The van der Waals surface area contributed by atoms with Crippen molar-refractivity contribution in [1.82, 2.24) is 19.5 Å². The Morgan fingerprint density at radius 2 is 1.91 bits per heavy atom. The van der Waals surface area contributed by atoms with E-state index in [1.807, 2.05) is 11.5 Å². The van der Waals surface area contributed by atoms with Crippen LogP contribution >= 0.6 is 11.6 Å². The predicted octanol–water partition coefficient (Wildman–Crippen LogP) is 1.79. The second-order valence-electron chi connectivity index (χ2n) is 6.46. The van der Waals surface area contributed by atoms with Crippen LogP contribution in [-0.4, -0.2) is 56.5 Å². The molecule has 0 bridgehead atoms. The molecule has 0 aliphatic carbocycles. The Hall–Kier alpha value is -1.44. The highest BCUT2D eigenvalue weighted by molar-refractivity contribution is 6.28. The lowest BCUT2D eigenvalue weighted by atomic mass is 10.1. The van der Waals surface area contributed by atoms with Gasteiger partial charge in [-0.25, -0.2) is 4.98 Å². The lowest BCUT2D eigenvalue weighted by Gasteiger charge is -2.27. The molecule has 7 nitrogen and oxygen atoms in total. The number of imidazole rings is 1. The van der Waals surface area contributed by atoms with E-state index in [9.17, 15) is 5.11 Å². The van der Waals surface area contributed by atoms with Gasteiger partial charge in [-0.3, -0.25) is 0 Å². The first-order valence-electron chi connectivity index (χ1n) is 7.80. The van der Waals surface area contributed by atoms with Gasteiger partial charge < -0.3 is 19.3 Å². The molecule has 1 fully saturated rings. The van der Waals surface area contributed by atoms with Gasteiger partial charge in [-0.15, -0.1) is 0 Å². The van der Waals surface area contributed by atoms with Gasteiger partial charge in [0.15, 0.2) is 17.0 Å². The highest BCUT2D eigenvalue weighted by Gasteiger charge is 2.22. The zero-order chi connectivity index (χ0) is 16.6. The summed E-state index contributed by atoms with van der Waals surface area (Å²) in [6.45, 7) is 9.01. The van der Waals surface area contributed by atoms with Crippen molar-refractivity contribution in [2.45, 2.75) is 39.3 Å². The average molecular weight is 340 g/mol. The van der Waals surface area contributed by atoms with Crippen LogP contribution < -0.4 is 4.90 Å². The number of aromatic nitrogens is 4. The first-order valence-corrected chi connectivity index (χ1v) is 8.18. The van der Waals surface area contributed by atoms with E-state index in [-0.39, 0.29) is 5.28 Å². The van der Waals surface area contributed by atoms with Gasteiger partial charge in [0.05, 0.1) is 18.8 Å². The van der Waals surface area contributed by atoms with E-state index >= 15 is 0 Å². The minimum Gasteiger partial charge on any atom is -0.390 e. The standard InChI is InChI=1S/C15H22ClN5O2/c1-10-17-11-12(20-6-8-23-9-7-20)18-14(16)19-13(11)21(10)5-4-15(2,3)22/h22H,4-9H2,1-3H3. The highest BCUT2D eigenvalue weighted by atomic mass is 35.5. The maximum absolute atomic E-state index is 9.98. The Labute approximate surface area is 140 Å². The number of morpholine rings is 1. The summed E-state index contributed by atoms with van der Waals surface area (Å²) < 4.78 is 7.39. The normalized spacial score (nSPS) is 16.3. The number of ether oxygens (including phenoxy) is 1. The molecule has 2 aromatic rings. The number of rotatable bonds is 4. The minimum atomic E-state index is -0.743. The Morgan fingerprint density at radius 1 is 1.22 bits per heavy atom. The first-order chi connectivity index (χ1) is 10.8. The zero-order valence-corrected chi connectivity index (χ0v) is 14.5. The predicted molar refractivity (Wildman–Crippen MR) is 89.0 cm³/mol. The molecule has 8 heteroatoms. The van der Waals surface area contributed by atoms with E-state index in [4.69, 9.17) is 16.3 Å². The van der Waals surface area contributed by atoms with E-state index in [0.717, 1.165) is 30.2 Å². The van der Waals surface area contributed by atoms with Crippen LogP contribution in [0.5, 0.6) is 0 Å². The van der Waals surface area contributed by atoms with Gasteiger partial charge in [0, 0.05) is 19.6 Å². The molecule has 1 saturated heterocycles. The molecule has 2 aromatic heterocycles. The molecular weight excluding hydrogens is 318 g/mol. The lowest BCUT2D eigenvalue weighted by molar-refractivity contribution is 0.0663. The number of aryl methyl sites for hydroxylation is 2. The quantitative estimate of drug-likeness (QED) is 0.856. The number of nitrogens with zero attached hydrogens (tertiary/aromatic N) is 5. The third kappa shape index (κ3) is 3.57. The second-order valence-corrected chi connectivity index (χ2v) is 6.80. The Balaban J connectivity index is 2.02. The Morgan fingerprint density at radius 3 is 2.57 bits per heavy atom. The first kappa shape index (κ1) is 16.4. The van der Waals surface area contributed by atoms with E-state index < -0.39 is 5.60 Å². The fourth-order valence-corrected chi connectivity index (χ4v) is 2.88. The summed E-state index contributed by atoms with van der Waals surface area (Å²) in [5, 5.41) is 10.2. The summed E-state index contributed by atoms with van der Waals surface area (Å²) in [7, 11) is 0. The molecule has 0 radical (unpaired) electrons. The fraction of sp³-hybridized carbons (Fsp3) is 0.667. The largest absolute Gasteiger partial charge is 0.390 e. The topological polar surface area (TPSA) is 76.3 Å². The van der Waals surface area contributed by atoms with Gasteiger partial charge in [0.25, 0.3) is 0 Å². The molecule has 1 aliphatic heterocycles. The summed E-state index contributed by atoms with van der Waals surface area (Å²) >= 11 is 6.14. The molecule has 0 spiro atoms. The van der Waals surface area contributed by atoms with Gasteiger partial charge in [0.1, 0.15) is 5.82 Å². The maximum Gasteiger partial charge on any atom is 0.226 e. The van der Waals surface area contributed by atoms with Crippen LogP contribution in [0.25, 0.3) is 11.2 Å². The van der Waals surface area contributed by atoms with Crippen LogP contribution in [0.1, 0.15) is 26.1 Å². The number of aliphatic hydroxyl groups is 1. The summed E-state index contributed by atoms with van der Waals surface area (Å²) in [6, 6.07) is 0. The third-order valence-electron chi connectivity index (χ3n) is 4.00. The van der Waals surface area contributed by atoms with Gasteiger partial charge in [-0.1, -0.05) is 0 Å². The highest BCUT2D eigenvalue weighted by Crippen LogP contribution is 2.27. The van der Waals surface area contributed by atoms with Crippen molar-refractivity contribution in [2.24, 2.45) is 0 Å². The Kier molecular flexibility index (Phi) is 4.44. The van der Waals surface area contributed by atoms with E-state index in [2.05, 4.69) is 19.9 Å².